The molecule has 59 heavy (non-hydrogen) atoms. The summed E-state index contributed by atoms with van der Waals surface area (Å²) < 4.78 is 56.4. The minimum atomic E-state index is -4.36. The number of carbonyl (C=O) groups excluding carboxylic acids is 5. The number of anilines is 1. The van der Waals surface area contributed by atoms with Crippen molar-refractivity contribution < 1.29 is 61.9 Å². The first-order valence-corrected chi connectivity index (χ1v) is 22.7. The highest BCUT2D eigenvalue weighted by Gasteiger charge is 2.44. The summed E-state index contributed by atoms with van der Waals surface area (Å²) >= 11 is 0. The van der Waals surface area contributed by atoms with Gasteiger partial charge in [0, 0.05) is 13.1 Å². The molecule has 0 spiro atoms. The van der Waals surface area contributed by atoms with E-state index < -0.39 is 105 Å². The lowest BCUT2D eigenvalue weighted by atomic mass is 10.2. The molecule has 0 unspecified atom stereocenters. The van der Waals surface area contributed by atoms with Gasteiger partial charge in [-0.25, -0.2) is 25.3 Å². The predicted molar refractivity (Wildman–Crippen MR) is 211 cm³/mol. The fourth-order valence-corrected chi connectivity index (χ4v) is 10.4. The molecular formula is C33H56N10O14P2. The number of amides is 1. The summed E-state index contributed by atoms with van der Waals surface area (Å²) in [5, 5.41) is 21.8. The number of rotatable bonds is 23. The Bertz CT molecular complexity index is 1900. The topological polar surface area (TPSA) is 327 Å². The molecule has 0 aliphatic carbocycles. The molecule has 1 saturated heterocycles. The fourth-order valence-electron chi connectivity index (χ4n) is 6.00. The van der Waals surface area contributed by atoms with Crippen molar-refractivity contribution in [1.29, 1.82) is 0 Å². The minimum absolute atomic E-state index is 0.0114. The molecule has 7 atom stereocenters. The number of nitrogen functional groups attached to an aromatic ring is 1. The van der Waals surface area contributed by atoms with Crippen LogP contribution in [-0.4, -0.2) is 148 Å². The van der Waals surface area contributed by atoms with Crippen LogP contribution in [0.15, 0.2) is 11.1 Å². The number of nitrogens with one attached hydrogen (secondary N) is 5. The average molecular weight is 879 g/mol. The van der Waals surface area contributed by atoms with Gasteiger partial charge in [-0.15, -0.1) is 0 Å². The molecule has 26 heteroatoms. The number of carbonyl (C=O) groups is 5. The van der Waals surface area contributed by atoms with E-state index in [2.05, 4.69) is 35.3 Å². The molecular weight excluding hydrogens is 822 g/mol. The third-order valence-corrected chi connectivity index (χ3v) is 13.6. The van der Waals surface area contributed by atoms with Crippen LogP contribution in [-0.2, 0) is 56.8 Å². The van der Waals surface area contributed by atoms with Crippen molar-refractivity contribution >= 4 is 61.8 Å². The van der Waals surface area contributed by atoms with Crippen LogP contribution >= 0.6 is 14.9 Å². The van der Waals surface area contributed by atoms with E-state index in [1.54, 1.807) is 27.7 Å². The van der Waals surface area contributed by atoms with Crippen LogP contribution in [0.5, 0.6) is 0 Å². The summed E-state index contributed by atoms with van der Waals surface area (Å²) in [7, 11) is -8.51. The summed E-state index contributed by atoms with van der Waals surface area (Å²) in [6.45, 7) is 10.7. The van der Waals surface area contributed by atoms with E-state index in [1.165, 1.54) is 43.5 Å². The smallest absolute Gasteiger partial charge is 0.323 e. The van der Waals surface area contributed by atoms with Gasteiger partial charge in [-0.05, 0) is 55.4 Å². The Balaban J connectivity index is 1.99. The molecule has 0 saturated carbocycles. The van der Waals surface area contributed by atoms with E-state index >= 15 is 0 Å². The molecule has 1 amide bonds. The second kappa shape index (κ2) is 21.8. The Morgan fingerprint density at radius 2 is 1.29 bits per heavy atom. The zero-order valence-electron chi connectivity index (χ0n) is 34.3. The number of nitrogens with zero attached hydrogens (tertiary/aromatic N) is 4. The predicted octanol–water partition coefficient (Wildman–Crippen LogP) is -0.660. The molecule has 2 aromatic rings. The molecule has 1 aliphatic rings. The summed E-state index contributed by atoms with van der Waals surface area (Å²) in [6.07, 6.45) is -0.577. The quantitative estimate of drug-likeness (QED) is 0.0414. The van der Waals surface area contributed by atoms with E-state index in [0.717, 1.165) is 0 Å². The number of imidazole rings is 1. The zero-order valence-corrected chi connectivity index (χ0v) is 36.1. The molecule has 1 aliphatic heterocycles. The lowest BCUT2D eigenvalue weighted by molar-refractivity contribution is -0.145. The van der Waals surface area contributed by atoms with Gasteiger partial charge in [-0.3, -0.25) is 42.9 Å². The number of aromatic nitrogens is 4. The second-order valence-electron chi connectivity index (χ2n) is 13.5. The van der Waals surface area contributed by atoms with Crippen molar-refractivity contribution in [3.05, 3.63) is 16.7 Å². The lowest BCUT2D eigenvalue weighted by Gasteiger charge is -2.30. The van der Waals surface area contributed by atoms with Gasteiger partial charge in [-0.2, -0.15) is 4.98 Å². The van der Waals surface area contributed by atoms with Crippen molar-refractivity contribution in [2.24, 2.45) is 0 Å². The Hall–Kier alpha value is -4.28. The number of hydrogen-bond donors (Lipinski definition) is 7. The van der Waals surface area contributed by atoms with Gasteiger partial charge in [0.05, 0.1) is 51.5 Å². The number of likely N-dealkylation sites (tertiary alicyclic amines) is 1. The maximum absolute atomic E-state index is 14.4. The summed E-state index contributed by atoms with van der Waals surface area (Å²) in [5.41, 5.74) is 5.10. The van der Waals surface area contributed by atoms with Crippen LogP contribution < -0.4 is 31.6 Å². The first-order valence-electron chi connectivity index (χ1n) is 19.0. The number of aromatic amines is 1. The SMILES string of the molecule is CCOC(=O)[C@H](C)NP(=O)(CC(=O)N1C[C@@H](n2cnc3c(=O)[nH]c(N)nc32)[C@H](OC[C@@H](O)P(=O)(N[C@@H](C)C(=O)OCC)N[C@@H](C)C(=O)OCC)C1)N[C@@H](C)C(=O)OCC. The Morgan fingerprint density at radius 3 is 1.75 bits per heavy atom. The molecule has 0 radical (unpaired) electrons. The fraction of sp³-hybridized carbons (Fsp3) is 0.697. The number of ether oxygens (including phenoxy) is 5. The summed E-state index contributed by atoms with van der Waals surface area (Å²) in [4.78, 5) is 88.8. The minimum Gasteiger partial charge on any atom is -0.465 e. The molecule has 2 aromatic heterocycles. The van der Waals surface area contributed by atoms with Crippen molar-refractivity contribution in [1.82, 2.24) is 44.8 Å². The largest absolute Gasteiger partial charge is 0.465 e. The highest BCUT2D eigenvalue weighted by molar-refractivity contribution is 7.61. The van der Waals surface area contributed by atoms with E-state index in [4.69, 9.17) is 29.4 Å². The number of hydrogen-bond acceptors (Lipinski definition) is 17. The number of H-pyrrole nitrogens is 1. The van der Waals surface area contributed by atoms with Crippen molar-refractivity contribution in [3.8, 4) is 0 Å². The average Bonchev–Trinajstić information content (AvgIpc) is 3.78. The van der Waals surface area contributed by atoms with E-state index in [0.29, 0.717) is 0 Å². The Kier molecular flexibility index (Phi) is 18.2. The number of aliphatic hydroxyl groups excluding tert-OH is 1. The van der Waals surface area contributed by atoms with Gasteiger partial charge in [-0.1, -0.05) is 0 Å². The standard InChI is InChI=1S/C33H56N10O14P2/c1-9-53-29(47)18(5)38-58(51,39-19(6)30(48)54-10-2)16-24(44)42-13-22(43-17-35-26-27(43)36-33(34)37-28(26)46)23(14-42)57-15-25(45)59(52,40-20(7)31(49)55-11-3)41-21(8)32(50)56-12-4/h17-23,25,45H,9-16H2,1-8H3,(H2,38,39,51)(H2,40,41,52)(H3,34,36,37,46)/t18-,19-,20-,21-,22+,23+,25-/m0/s1. The number of nitrogens with two attached hydrogens (primary N) is 1. The number of aliphatic hydroxyl groups is 1. The van der Waals surface area contributed by atoms with Crippen LogP contribution in [0.1, 0.15) is 61.4 Å². The normalized spacial score (nSPS) is 18.4. The maximum Gasteiger partial charge on any atom is 0.323 e. The van der Waals surface area contributed by atoms with E-state index in [-0.39, 0.29) is 56.6 Å². The van der Waals surface area contributed by atoms with Gasteiger partial charge >= 0.3 is 23.9 Å². The maximum atomic E-state index is 14.4. The van der Waals surface area contributed by atoms with Gasteiger partial charge < -0.3 is 44.0 Å². The van der Waals surface area contributed by atoms with Crippen LogP contribution in [0.3, 0.4) is 0 Å². The lowest BCUT2D eigenvalue weighted by Crippen LogP contribution is -2.46. The van der Waals surface area contributed by atoms with Crippen LogP contribution in [0, 0.1) is 0 Å². The molecule has 3 rings (SSSR count). The molecule has 24 nitrogen and oxygen atoms in total. The molecule has 1 fully saturated rings. The molecule has 0 aromatic carbocycles. The van der Waals surface area contributed by atoms with Crippen LogP contribution in [0.4, 0.5) is 5.95 Å². The molecule has 3 heterocycles. The summed E-state index contributed by atoms with van der Waals surface area (Å²) in [5.74, 6) is -6.02. The number of fused-ring (bicyclic) bond motifs is 1. The first kappa shape index (κ1) is 49.1. The van der Waals surface area contributed by atoms with Gasteiger partial charge in [0.2, 0.25) is 26.7 Å². The zero-order chi connectivity index (χ0) is 44.2. The molecule has 332 valence electrons. The molecule has 0 bridgehead atoms. The highest BCUT2D eigenvalue weighted by Crippen LogP contribution is 2.43. The molecule has 8 N–H and O–H groups in total. The third-order valence-electron chi connectivity index (χ3n) is 8.77. The monoisotopic (exact) mass is 878 g/mol. The van der Waals surface area contributed by atoms with E-state index in [1.807, 2.05) is 0 Å². The Labute approximate surface area is 340 Å². The van der Waals surface area contributed by atoms with Crippen molar-refractivity contribution in [3.63, 3.8) is 0 Å². The van der Waals surface area contributed by atoms with Gasteiger partial charge in [0.1, 0.15) is 30.3 Å². The van der Waals surface area contributed by atoms with E-state index in [9.17, 15) is 43.0 Å². The van der Waals surface area contributed by atoms with Crippen molar-refractivity contribution in [2.45, 2.75) is 97.5 Å². The van der Waals surface area contributed by atoms with Crippen LogP contribution in [0.2, 0.25) is 0 Å². The Morgan fingerprint density at radius 1 is 0.831 bits per heavy atom. The van der Waals surface area contributed by atoms with Gasteiger partial charge in [0.25, 0.3) is 5.56 Å². The van der Waals surface area contributed by atoms with Crippen molar-refractivity contribution in [2.75, 3.05) is 58.0 Å². The number of esters is 4. The first-order chi connectivity index (χ1) is 27.7. The van der Waals surface area contributed by atoms with Crippen LogP contribution in [0.25, 0.3) is 11.2 Å². The van der Waals surface area contributed by atoms with Gasteiger partial charge in [0.15, 0.2) is 17.0 Å². The highest BCUT2D eigenvalue weighted by atomic mass is 31.2. The second-order valence-corrected chi connectivity index (χ2v) is 18.2. The summed E-state index contributed by atoms with van der Waals surface area (Å²) in [6, 6.07) is -5.73. The third kappa shape index (κ3) is 13.1.